The summed E-state index contributed by atoms with van der Waals surface area (Å²) >= 11 is 0. The molecule has 6 amide bonds. The summed E-state index contributed by atoms with van der Waals surface area (Å²) < 4.78 is 184. The molecular formula is C93H114F9N12O18V3-3. The van der Waals surface area contributed by atoms with Crippen molar-refractivity contribution in [2.75, 3.05) is 32.8 Å². The maximum absolute atomic E-state index is 15.9. The van der Waals surface area contributed by atoms with Crippen molar-refractivity contribution in [2.45, 2.75) is 297 Å². The van der Waals surface area contributed by atoms with Gasteiger partial charge < -0.3 is 87.7 Å². The maximum Gasteiger partial charge on any atom is 0.573 e. The molecule has 3 aromatic carbocycles. The van der Waals surface area contributed by atoms with E-state index in [9.17, 15) is 56.3 Å². The van der Waals surface area contributed by atoms with Crippen LogP contribution >= 0.6 is 0 Å². The zero-order valence-corrected chi connectivity index (χ0v) is 82.0. The smallest absolute Gasteiger partial charge is 0.540 e. The van der Waals surface area contributed by atoms with Gasteiger partial charge in [-0.15, -0.1) is 13.2 Å². The van der Waals surface area contributed by atoms with Gasteiger partial charge in [0.1, 0.15) is 71.5 Å². The number of amides is 6. The first-order valence-electron chi connectivity index (χ1n) is 45.1. The van der Waals surface area contributed by atoms with Crippen molar-refractivity contribution >= 4 is 88.0 Å². The SMILES string of the molecule is CCOc1ccc2nc3c(nc2c1)O[C@H]1CN(C(=O)[C@H](C(C)(C)C)NC(=O)O[C@@H]2C[C@H]2CCCCC3(F)F)[C@H]([C-]=O)[C@@H]1C.CCOc1ccc2nc3c(nc2c1)O[C@H]1CN(C(=O)[C@H](C(C)(C)C)NC(=O)O[C@]2(C)C[C@H]2CCCCC3(F)F)[C@H]([C-]=O)[C@@H]1C.C[C@@H]1[C@@H]2CN(C(=O)[C@H](C(C)(C)C)NC(=O)O[C@@H]3C[C@H]3CCCCC(F)(F)c3nc4ccc(OC(F)(F)F)cc4nc3O2)[C@@H]1[C-]=O.[V].[V].[V]. The van der Waals surface area contributed by atoms with Gasteiger partial charge in [-0.3, -0.25) is 14.4 Å². The van der Waals surface area contributed by atoms with Crippen LogP contribution in [-0.2, 0) is 116 Å². The number of hydrogen-bond donors (Lipinski definition) is 3. The Balaban J connectivity index is 0.000000207. The van der Waals surface area contributed by atoms with E-state index in [1.54, 1.807) is 119 Å². The zero-order chi connectivity index (χ0) is 96.0. The first-order valence-corrected chi connectivity index (χ1v) is 45.1. The average Bonchev–Trinajstić information content (AvgIpc) is 1.57. The van der Waals surface area contributed by atoms with Crippen LogP contribution in [0.3, 0.4) is 0 Å². The van der Waals surface area contributed by atoms with Gasteiger partial charge in [0.25, 0.3) is 17.8 Å². The van der Waals surface area contributed by atoms with E-state index in [2.05, 4.69) is 50.6 Å². The Morgan fingerprint density at radius 2 is 0.741 bits per heavy atom. The summed E-state index contributed by atoms with van der Waals surface area (Å²) in [5, 5.41) is 8.10. The van der Waals surface area contributed by atoms with Gasteiger partial charge in [-0.1, -0.05) is 120 Å². The summed E-state index contributed by atoms with van der Waals surface area (Å²) in [6.45, 7) is 26.8. The van der Waals surface area contributed by atoms with E-state index in [4.69, 9.17) is 37.9 Å². The number of halogens is 9. The van der Waals surface area contributed by atoms with E-state index in [0.29, 0.717) is 93.5 Å². The predicted octanol–water partition coefficient (Wildman–Crippen LogP) is 15.7. The molecule has 9 heterocycles. The molecule has 6 bridgehead atoms. The van der Waals surface area contributed by atoms with Gasteiger partial charge in [0.05, 0.1) is 65.9 Å². The van der Waals surface area contributed by atoms with E-state index >= 15 is 26.3 Å². The Kier molecular flexibility index (Phi) is 34.1. The van der Waals surface area contributed by atoms with Crippen LogP contribution in [0.2, 0.25) is 0 Å². The fourth-order valence-corrected chi connectivity index (χ4v) is 17.9. The second-order valence-electron chi connectivity index (χ2n) is 39.4. The molecule has 3 saturated carbocycles. The van der Waals surface area contributed by atoms with Crippen molar-refractivity contribution in [3.8, 4) is 34.9 Å². The van der Waals surface area contributed by atoms with Crippen molar-refractivity contribution in [1.82, 2.24) is 60.6 Å². The van der Waals surface area contributed by atoms with Gasteiger partial charge in [-0.25, -0.2) is 63.1 Å². The molecule has 3 radical (unpaired) electrons. The van der Waals surface area contributed by atoms with Crippen molar-refractivity contribution < 1.29 is 181 Å². The molecule has 135 heavy (non-hydrogen) atoms. The number of nitrogens with one attached hydrogen (secondary N) is 3. The van der Waals surface area contributed by atoms with Crippen LogP contribution in [0, 0.1) is 51.8 Å². The number of benzene rings is 3. The third kappa shape index (κ3) is 25.3. The Bertz CT molecular complexity index is 5310. The van der Waals surface area contributed by atoms with Crippen molar-refractivity contribution in [3.05, 3.63) is 71.7 Å². The zero-order valence-electron chi connectivity index (χ0n) is 77.8. The quantitative estimate of drug-likeness (QED) is 0.0724. The molecule has 15 rings (SSSR count). The molecule has 6 aliphatic heterocycles. The van der Waals surface area contributed by atoms with Crippen LogP contribution in [0.15, 0.2) is 54.6 Å². The van der Waals surface area contributed by atoms with Crippen LogP contribution < -0.4 is 44.4 Å². The van der Waals surface area contributed by atoms with Crippen LogP contribution in [0.25, 0.3) is 33.1 Å². The topological polar surface area (TPSA) is 360 Å². The second kappa shape index (κ2) is 42.7. The first kappa shape index (κ1) is 108. The Morgan fingerprint density at radius 3 is 1.05 bits per heavy atom. The normalized spacial score (nSPS) is 29.3. The summed E-state index contributed by atoms with van der Waals surface area (Å²) in [5.41, 5.74) is -4.13. The van der Waals surface area contributed by atoms with E-state index in [-0.39, 0.29) is 152 Å². The standard InChI is InChI=1S/C32H41F2N4O6.C31H39F2N4O6.C30H34F5N4O6.3V/c1-7-42-20-11-12-21-22(14-20)36-27-25(35-21)32(33,34)13-9-8-10-19-15-31(19,6)44-29(41)37-26(30(3,4)5)28(40)38-16-24(43-27)18(2)23(38)17-39;1-6-41-19-10-11-20-21(14-19)35-27-25(34-20)31(32,33)12-8-7-9-18-13-23(18)43-29(40)36-26(30(3,4)5)28(39)37-15-24(42-27)17(2)22(37)16-38;1-15-20(14-40)39-13-22(15)43-25-23(36-18-9-8-17(12-19(18)37-25)45-30(33,34)35)29(31,32)10-6-5-7-16-11-21(16)44-27(42)38-24(26(39)41)28(2,3)4;;;/h11-12,14,18-19,23-24,26H,7-10,13,15-16H2,1-6H3,(H,37,41);10-11,14,17-18,22-24,26H,6-9,12-13,15H2,1-5H3,(H,36,40);8-9,12,15-16,20-22,24H,5-7,10-11,13H2,1-4H3,(H,38,42);;;/q3*-1;;;/t18-,19+,23+,24-,26+,31+;17-,18+,22+,23+,24-,26+;15-,16+,20+,21+,22-,24+;;;/m000.../s1. The van der Waals surface area contributed by atoms with Gasteiger partial charge in [-0.2, -0.15) is 26.3 Å². The fraction of sp³-hybridized carbons (Fsp3) is 0.645. The van der Waals surface area contributed by atoms with E-state index in [1.165, 1.54) is 14.7 Å². The number of fused-ring (bicyclic) bond motifs is 15. The number of carbonyl (C=O) groups excluding carboxylic acids is 9. The minimum Gasteiger partial charge on any atom is -0.540 e. The maximum atomic E-state index is 15.9. The summed E-state index contributed by atoms with van der Waals surface area (Å²) in [6.07, 6.45) is -1.11. The van der Waals surface area contributed by atoms with E-state index in [1.807, 2.05) is 39.6 Å². The molecule has 0 unspecified atom stereocenters. The number of aromatic nitrogens is 6. The molecule has 3 aromatic heterocycles. The molecule has 735 valence electrons. The molecule has 3 aliphatic carbocycles. The van der Waals surface area contributed by atoms with E-state index in [0.717, 1.165) is 18.2 Å². The molecule has 42 heteroatoms. The van der Waals surface area contributed by atoms with Gasteiger partial charge in [0.2, 0.25) is 35.4 Å². The number of alkyl halides is 9. The number of carbonyl (C=O) groups is 6. The Morgan fingerprint density at radius 1 is 0.430 bits per heavy atom. The fourth-order valence-electron chi connectivity index (χ4n) is 17.9. The second-order valence-corrected chi connectivity index (χ2v) is 39.4. The van der Waals surface area contributed by atoms with Crippen molar-refractivity contribution in [3.63, 3.8) is 0 Å². The molecule has 18 atom stereocenters. The molecule has 30 nitrogen and oxygen atoms in total. The van der Waals surface area contributed by atoms with Crippen LogP contribution in [-0.4, -0.2) is 211 Å². The molecule has 6 aromatic rings. The van der Waals surface area contributed by atoms with Crippen molar-refractivity contribution in [1.29, 1.82) is 0 Å². The average molecular weight is 2010 g/mol. The summed E-state index contributed by atoms with van der Waals surface area (Å²) in [4.78, 5) is 146. The third-order valence-electron chi connectivity index (χ3n) is 26.1. The Hall–Kier alpha value is -9.17. The predicted molar refractivity (Wildman–Crippen MR) is 458 cm³/mol. The monoisotopic (exact) mass is 2010 g/mol. The molecule has 0 spiro atoms. The summed E-state index contributed by atoms with van der Waals surface area (Å²) in [7, 11) is 0. The molecule has 3 saturated heterocycles. The van der Waals surface area contributed by atoms with Crippen LogP contribution in [0.4, 0.5) is 53.9 Å². The Labute approximate surface area is 812 Å². The molecule has 9 aliphatic rings. The molecule has 6 fully saturated rings. The summed E-state index contributed by atoms with van der Waals surface area (Å²) in [6, 6.07) is 6.24. The number of hydrogen-bond acceptors (Lipinski definition) is 24. The van der Waals surface area contributed by atoms with E-state index < -0.39 is 208 Å². The first-order chi connectivity index (χ1) is 61.9. The van der Waals surface area contributed by atoms with Gasteiger partial charge in [0, 0.05) is 99.0 Å². The van der Waals surface area contributed by atoms with Crippen LogP contribution in [0.1, 0.15) is 217 Å². The van der Waals surface area contributed by atoms with Crippen molar-refractivity contribution in [2.24, 2.45) is 51.8 Å². The minimum atomic E-state index is -5.00. The number of alkyl carbamates (subject to hydrolysis) is 3. The molecular weight excluding hydrogens is 1900 g/mol. The summed E-state index contributed by atoms with van der Waals surface area (Å²) in [5.74, 6) is -14.8. The number of rotatable bonds is 8. The van der Waals surface area contributed by atoms with Gasteiger partial charge >= 0.3 is 24.6 Å². The third-order valence-corrected chi connectivity index (χ3v) is 26.1. The van der Waals surface area contributed by atoms with Crippen LogP contribution in [0.5, 0.6) is 34.9 Å². The minimum absolute atomic E-state index is 0. The number of ether oxygens (including phenoxy) is 9. The molecule has 3 N–H and O–H groups in total. The largest absolute Gasteiger partial charge is 0.573 e. The number of nitrogens with zero attached hydrogens (tertiary/aromatic N) is 9. The van der Waals surface area contributed by atoms with Gasteiger partial charge in [-0.05, 0) is 161 Å². The van der Waals surface area contributed by atoms with Gasteiger partial charge in [0.15, 0.2) is 17.1 Å².